The van der Waals surface area contributed by atoms with Crippen molar-refractivity contribution in [2.45, 2.75) is 25.4 Å². The van der Waals surface area contributed by atoms with Crippen molar-refractivity contribution in [3.8, 4) is 11.5 Å². The lowest BCUT2D eigenvalue weighted by molar-refractivity contribution is 0.199. The van der Waals surface area contributed by atoms with Crippen LogP contribution in [0.25, 0.3) is 0 Å². The Balaban J connectivity index is 1.17. The molecule has 0 saturated carbocycles. The maximum absolute atomic E-state index is 13.6. The van der Waals surface area contributed by atoms with Gasteiger partial charge in [0, 0.05) is 42.7 Å². The lowest BCUT2D eigenvalue weighted by atomic mass is 10.0. The highest BCUT2D eigenvalue weighted by Gasteiger charge is 2.29. The van der Waals surface area contributed by atoms with Gasteiger partial charge in [0.05, 0.1) is 6.26 Å². The van der Waals surface area contributed by atoms with E-state index in [0.717, 1.165) is 44.3 Å². The number of rotatable bonds is 9. The molecule has 43 heavy (non-hydrogen) atoms. The number of nitrogens with zero attached hydrogens (tertiary/aromatic N) is 2. The van der Waals surface area contributed by atoms with E-state index >= 15 is 0 Å². The standard InChI is InChI=1S/C32H32F2N4O4S/c1-43(40,41)36-27-10-16-31(17-11-27)42-30-14-2-23(3-15-30)22-37-20-18-29(19-21-37)38(28-12-6-25(34)7-13-28)32(39)35-26-8-4-24(33)5-9-26/h2-17,29,36H,18-22H2,1H3,(H,35,39). The van der Waals surface area contributed by atoms with Gasteiger partial charge in [-0.3, -0.25) is 14.5 Å². The molecule has 0 aromatic heterocycles. The second-order valence-electron chi connectivity index (χ2n) is 10.4. The summed E-state index contributed by atoms with van der Waals surface area (Å²) in [6.45, 7) is 2.26. The minimum absolute atomic E-state index is 0.100. The molecule has 8 nitrogen and oxygen atoms in total. The fourth-order valence-electron chi connectivity index (χ4n) is 5.01. The molecule has 11 heteroatoms. The maximum Gasteiger partial charge on any atom is 0.326 e. The quantitative estimate of drug-likeness (QED) is 0.218. The maximum atomic E-state index is 13.6. The smallest absolute Gasteiger partial charge is 0.326 e. The van der Waals surface area contributed by atoms with Crippen LogP contribution in [0.2, 0.25) is 0 Å². The molecule has 1 aliphatic rings. The Morgan fingerprint density at radius 2 is 1.33 bits per heavy atom. The van der Waals surface area contributed by atoms with Crippen LogP contribution in [0.3, 0.4) is 0 Å². The van der Waals surface area contributed by atoms with E-state index in [-0.39, 0.29) is 23.7 Å². The number of ether oxygens (including phenoxy) is 1. The molecule has 0 atom stereocenters. The number of halogens is 2. The van der Waals surface area contributed by atoms with E-state index < -0.39 is 10.0 Å². The van der Waals surface area contributed by atoms with E-state index in [0.29, 0.717) is 28.6 Å². The first kappa shape index (κ1) is 30.0. The first-order chi connectivity index (χ1) is 20.6. The summed E-state index contributed by atoms with van der Waals surface area (Å²) in [5.41, 5.74) is 2.65. The van der Waals surface area contributed by atoms with E-state index in [1.54, 1.807) is 41.3 Å². The molecular formula is C32H32F2N4O4S. The van der Waals surface area contributed by atoms with Crippen LogP contribution in [-0.4, -0.2) is 44.7 Å². The van der Waals surface area contributed by atoms with Crippen molar-refractivity contribution >= 4 is 33.1 Å². The van der Waals surface area contributed by atoms with Crippen LogP contribution in [-0.2, 0) is 16.6 Å². The normalized spacial score (nSPS) is 14.2. The first-order valence-corrected chi connectivity index (χ1v) is 15.7. The molecule has 5 rings (SSSR count). The van der Waals surface area contributed by atoms with E-state index in [9.17, 15) is 22.0 Å². The summed E-state index contributed by atoms with van der Waals surface area (Å²) in [6, 6.07) is 25.4. The van der Waals surface area contributed by atoms with Crippen molar-refractivity contribution in [2.75, 3.05) is 34.3 Å². The highest BCUT2D eigenvalue weighted by atomic mass is 32.2. The largest absolute Gasteiger partial charge is 0.457 e. The van der Waals surface area contributed by atoms with Gasteiger partial charge in [0.15, 0.2) is 0 Å². The molecule has 1 heterocycles. The summed E-state index contributed by atoms with van der Waals surface area (Å²) >= 11 is 0. The third-order valence-corrected chi connectivity index (χ3v) is 7.67. The molecule has 224 valence electrons. The Hall–Kier alpha value is -4.48. The predicted octanol–water partition coefficient (Wildman–Crippen LogP) is 6.83. The van der Waals surface area contributed by atoms with Gasteiger partial charge in [-0.2, -0.15) is 0 Å². The average Bonchev–Trinajstić information content (AvgIpc) is 2.98. The van der Waals surface area contributed by atoms with Gasteiger partial charge in [-0.25, -0.2) is 22.0 Å². The van der Waals surface area contributed by atoms with Gasteiger partial charge in [0.2, 0.25) is 10.0 Å². The number of nitrogens with one attached hydrogen (secondary N) is 2. The van der Waals surface area contributed by atoms with Crippen molar-refractivity contribution in [1.82, 2.24) is 4.90 Å². The van der Waals surface area contributed by atoms with Crippen LogP contribution in [0.4, 0.5) is 30.6 Å². The zero-order valence-electron chi connectivity index (χ0n) is 23.5. The first-order valence-electron chi connectivity index (χ1n) is 13.8. The number of carbonyl (C=O) groups is 1. The van der Waals surface area contributed by atoms with Crippen molar-refractivity contribution in [2.24, 2.45) is 0 Å². The van der Waals surface area contributed by atoms with Crippen LogP contribution >= 0.6 is 0 Å². The molecule has 0 spiro atoms. The zero-order valence-corrected chi connectivity index (χ0v) is 24.4. The molecular weight excluding hydrogens is 574 g/mol. The highest BCUT2D eigenvalue weighted by Crippen LogP contribution is 2.28. The van der Waals surface area contributed by atoms with Crippen LogP contribution in [0, 0.1) is 11.6 Å². The van der Waals surface area contributed by atoms with Crippen LogP contribution in [0.1, 0.15) is 18.4 Å². The monoisotopic (exact) mass is 606 g/mol. The van der Waals surface area contributed by atoms with Crippen molar-refractivity contribution in [1.29, 1.82) is 0 Å². The molecule has 2 amide bonds. The lowest BCUT2D eigenvalue weighted by Crippen LogP contribution is -2.49. The predicted molar refractivity (Wildman–Crippen MR) is 164 cm³/mol. The lowest BCUT2D eigenvalue weighted by Gasteiger charge is -2.38. The summed E-state index contributed by atoms with van der Waals surface area (Å²) in [5, 5.41) is 2.84. The number of hydrogen-bond acceptors (Lipinski definition) is 5. The number of anilines is 3. The number of urea groups is 1. The number of piperidine rings is 1. The Morgan fingerprint density at radius 1 is 0.814 bits per heavy atom. The van der Waals surface area contributed by atoms with Crippen molar-refractivity contribution < 1.29 is 26.7 Å². The van der Waals surface area contributed by atoms with Crippen molar-refractivity contribution in [3.05, 3.63) is 114 Å². The highest BCUT2D eigenvalue weighted by molar-refractivity contribution is 7.92. The van der Waals surface area contributed by atoms with Crippen LogP contribution < -0.4 is 19.7 Å². The fourth-order valence-corrected chi connectivity index (χ4v) is 5.57. The van der Waals surface area contributed by atoms with E-state index in [4.69, 9.17) is 4.74 Å². The molecule has 2 N–H and O–H groups in total. The number of benzene rings is 4. The van der Waals surface area contributed by atoms with Gasteiger partial charge in [-0.15, -0.1) is 0 Å². The number of hydrogen-bond donors (Lipinski definition) is 2. The number of carbonyl (C=O) groups excluding carboxylic acids is 1. The summed E-state index contributed by atoms with van der Waals surface area (Å²) in [7, 11) is -3.34. The average molecular weight is 607 g/mol. The third-order valence-electron chi connectivity index (χ3n) is 7.06. The molecule has 0 radical (unpaired) electrons. The molecule has 1 fully saturated rings. The zero-order chi connectivity index (χ0) is 30.4. The topological polar surface area (TPSA) is 91.0 Å². The Bertz CT molecular complexity index is 1630. The fraction of sp³-hybridized carbons (Fsp3) is 0.219. The number of amides is 2. The van der Waals surface area contributed by atoms with Gasteiger partial charge in [-0.1, -0.05) is 12.1 Å². The van der Waals surface area contributed by atoms with E-state index in [1.807, 2.05) is 24.3 Å². The van der Waals surface area contributed by atoms with E-state index in [1.165, 1.54) is 36.4 Å². The second kappa shape index (κ2) is 13.2. The van der Waals surface area contributed by atoms with E-state index in [2.05, 4.69) is 14.9 Å². The minimum atomic E-state index is -3.34. The molecule has 0 aliphatic carbocycles. The Morgan fingerprint density at radius 3 is 1.88 bits per heavy atom. The SMILES string of the molecule is CS(=O)(=O)Nc1ccc(Oc2ccc(CN3CCC(N(C(=O)Nc4ccc(F)cc4)c4ccc(F)cc4)CC3)cc2)cc1. The van der Waals surface area contributed by atoms with Gasteiger partial charge in [-0.05, 0) is 103 Å². The van der Waals surface area contributed by atoms with Crippen LogP contribution in [0.5, 0.6) is 11.5 Å². The minimum Gasteiger partial charge on any atom is -0.457 e. The van der Waals surface area contributed by atoms with Gasteiger partial charge >= 0.3 is 6.03 Å². The number of sulfonamides is 1. The van der Waals surface area contributed by atoms with Gasteiger partial charge in [0.25, 0.3) is 0 Å². The summed E-state index contributed by atoms with van der Waals surface area (Å²) in [4.78, 5) is 17.3. The molecule has 1 aliphatic heterocycles. The molecule has 4 aromatic rings. The van der Waals surface area contributed by atoms with Crippen molar-refractivity contribution in [3.63, 3.8) is 0 Å². The summed E-state index contributed by atoms with van der Waals surface area (Å²) < 4.78 is 58.1. The Kier molecular flexibility index (Phi) is 9.22. The molecule has 1 saturated heterocycles. The second-order valence-corrected chi connectivity index (χ2v) is 12.2. The van der Waals surface area contributed by atoms with Gasteiger partial charge < -0.3 is 10.1 Å². The Labute approximate surface area is 250 Å². The number of likely N-dealkylation sites (tertiary alicyclic amines) is 1. The summed E-state index contributed by atoms with van der Waals surface area (Å²) in [6.07, 6.45) is 2.54. The molecule has 0 unspecified atom stereocenters. The summed E-state index contributed by atoms with van der Waals surface area (Å²) in [5.74, 6) is 0.476. The molecule has 0 bridgehead atoms. The third kappa shape index (κ3) is 8.52. The molecule has 4 aromatic carbocycles. The van der Waals surface area contributed by atoms with Crippen LogP contribution in [0.15, 0.2) is 97.1 Å². The van der Waals surface area contributed by atoms with Gasteiger partial charge in [0.1, 0.15) is 23.1 Å².